The average Bonchev–Trinajstić information content (AvgIpc) is 2.46. The Morgan fingerprint density at radius 1 is 1.05 bits per heavy atom. The van der Waals surface area contributed by atoms with Crippen molar-refractivity contribution in [2.75, 3.05) is 14.2 Å². The van der Waals surface area contributed by atoms with Gasteiger partial charge in [-0.3, -0.25) is 0 Å². The summed E-state index contributed by atoms with van der Waals surface area (Å²) in [5, 5.41) is 0.609. The summed E-state index contributed by atoms with van der Waals surface area (Å²) in [6.07, 6.45) is 0. The number of rotatable bonds is 4. The van der Waals surface area contributed by atoms with Crippen LogP contribution in [-0.2, 0) is 0 Å². The highest BCUT2D eigenvalue weighted by Gasteiger charge is 2.20. The predicted octanol–water partition coefficient (Wildman–Crippen LogP) is 5.74. The zero-order valence-corrected chi connectivity index (χ0v) is 15.2. The minimum Gasteiger partial charge on any atom is -0.493 e. The summed E-state index contributed by atoms with van der Waals surface area (Å²) in [5.41, 5.74) is 1.32. The first kappa shape index (κ1) is 16.6. The number of methoxy groups -OCH3 is 2. The van der Waals surface area contributed by atoms with Crippen LogP contribution in [0.2, 0.25) is 5.02 Å². The highest BCUT2D eigenvalue weighted by atomic mass is 79.9. The SMILES string of the molecule is COc1cc(F)c(C(Br)c2ccc(Cl)cc2Br)cc1OC. The van der Waals surface area contributed by atoms with E-state index < -0.39 is 0 Å². The molecule has 21 heavy (non-hydrogen) atoms. The molecule has 0 bridgehead atoms. The molecule has 0 heterocycles. The molecule has 0 amide bonds. The molecule has 0 aliphatic heterocycles. The van der Waals surface area contributed by atoms with E-state index in [0.717, 1.165) is 10.0 Å². The molecule has 0 saturated carbocycles. The van der Waals surface area contributed by atoms with Crippen LogP contribution in [-0.4, -0.2) is 14.2 Å². The highest BCUT2D eigenvalue weighted by molar-refractivity contribution is 9.11. The largest absolute Gasteiger partial charge is 0.493 e. The molecule has 0 aliphatic rings. The Morgan fingerprint density at radius 3 is 2.24 bits per heavy atom. The third-order valence-electron chi connectivity index (χ3n) is 3.01. The molecule has 112 valence electrons. The summed E-state index contributed by atoms with van der Waals surface area (Å²) in [4.78, 5) is -0.344. The Hall–Kier alpha value is -0.780. The number of hydrogen-bond donors (Lipinski definition) is 0. The molecule has 0 aliphatic carbocycles. The quantitative estimate of drug-likeness (QED) is 0.567. The van der Waals surface area contributed by atoms with Crippen molar-refractivity contribution in [1.82, 2.24) is 0 Å². The Kier molecular flexibility index (Phi) is 5.52. The van der Waals surface area contributed by atoms with Crippen LogP contribution in [0.1, 0.15) is 16.0 Å². The molecule has 2 aromatic carbocycles. The van der Waals surface area contributed by atoms with Gasteiger partial charge in [0.25, 0.3) is 0 Å². The van der Waals surface area contributed by atoms with E-state index in [1.54, 1.807) is 18.2 Å². The zero-order chi connectivity index (χ0) is 15.6. The molecule has 1 unspecified atom stereocenters. The molecule has 2 aromatic rings. The summed E-state index contributed by atoms with van der Waals surface area (Å²) in [5.74, 6) is 0.452. The number of halogens is 4. The van der Waals surface area contributed by atoms with Gasteiger partial charge < -0.3 is 9.47 Å². The van der Waals surface area contributed by atoms with Gasteiger partial charge in [-0.2, -0.15) is 0 Å². The molecule has 0 fully saturated rings. The van der Waals surface area contributed by atoms with E-state index in [9.17, 15) is 4.39 Å². The van der Waals surface area contributed by atoms with Crippen LogP contribution in [0.4, 0.5) is 4.39 Å². The van der Waals surface area contributed by atoms with Gasteiger partial charge in [-0.25, -0.2) is 4.39 Å². The minimum atomic E-state index is -0.378. The van der Waals surface area contributed by atoms with Gasteiger partial charge in [0.15, 0.2) is 11.5 Å². The van der Waals surface area contributed by atoms with Crippen LogP contribution in [0.15, 0.2) is 34.8 Å². The second kappa shape index (κ2) is 6.99. The summed E-state index contributed by atoms with van der Waals surface area (Å²) in [6.45, 7) is 0. The van der Waals surface area contributed by atoms with Crippen LogP contribution in [0, 0.1) is 5.82 Å². The van der Waals surface area contributed by atoms with Crippen LogP contribution < -0.4 is 9.47 Å². The molecule has 6 heteroatoms. The average molecular weight is 439 g/mol. The van der Waals surface area contributed by atoms with Gasteiger partial charge >= 0.3 is 0 Å². The van der Waals surface area contributed by atoms with Gasteiger partial charge in [0.2, 0.25) is 0 Å². The van der Waals surface area contributed by atoms with Gasteiger partial charge in [-0.15, -0.1) is 0 Å². The maximum atomic E-state index is 14.3. The molecular weight excluding hydrogens is 426 g/mol. The number of ether oxygens (including phenoxy) is 2. The van der Waals surface area contributed by atoms with Crippen molar-refractivity contribution in [2.45, 2.75) is 4.83 Å². The minimum absolute atomic E-state index is 0.344. The Bertz CT molecular complexity index is 664. The molecule has 2 rings (SSSR count). The molecule has 0 saturated heterocycles. The van der Waals surface area contributed by atoms with E-state index in [4.69, 9.17) is 21.1 Å². The van der Waals surface area contributed by atoms with Gasteiger partial charge in [0, 0.05) is 21.1 Å². The highest BCUT2D eigenvalue weighted by Crippen LogP contribution is 2.41. The van der Waals surface area contributed by atoms with Gasteiger partial charge in [-0.05, 0) is 23.8 Å². The van der Waals surface area contributed by atoms with Crippen molar-refractivity contribution >= 4 is 43.5 Å². The van der Waals surface area contributed by atoms with E-state index in [-0.39, 0.29) is 10.6 Å². The normalized spacial score (nSPS) is 12.1. The first-order valence-corrected chi connectivity index (χ1v) is 8.07. The number of hydrogen-bond acceptors (Lipinski definition) is 2. The summed E-state index contributed by atoms with van der Waals surface area (Å²) < 4.78 is 25.4. The number of alkyl halides is 1. The number of benzene rings is 2. The van der Waals surface area contributed by atoms with Gasteiger partial charge in [0.1, 0.15) is 5.82 Å². The molecule has 2 nitrogen and oxygen atoms in total. The first-order chi connectivity index (χ1) is 9.97. The van der Waals surface area contributed by atoms with Crippen LogP contribution >= 0.6 is 43.5 Å². The smallest absolute Gasteiger partial charge is 0.163 e. The fraction of sp³-hybridized carbons (Fsp3) is 0.200. The third-order valence-corrected chi connectivity index (χ3v) is 4.92. The molecular formula is C15H12Br2ClFO2. The first-order valence-electron chi connectivity index (χ1n) is 5.98. The Morgan fingerprint density at radius 2 is 1.67 bits per heavy atom. The topological polar surface area (TPSA) is 18.5 Å². The van der Waals surface area contributed by atoms with Crippen molar-refractivity contribution in [2.24, 2.45) is 0 Å². The van der Waals surface area contributed by atoms with E-state index >= 15 is 0 Å². The van der Waals surface area contributed by atoms with Crippen molar-refractivity contribution in [3.8, 4) is 11.5 Å². The third kappa shape index (κ3) is 3.52. The lowest BCUT2D eigenvalue weighted by Crippen LogP contribution is -2.00. The fourth-order valence-electron chi connectivity index (χ4n) is 1.94. The second-order valence-corrected chi connectivity index (χ2v) is 6.46. The van der Waals surface area contributed by atoms with E-state index in [0.29, 0.717) is 22.1 Å². The van der Waals surface area contributed by atoms with E-state index in [1.807, 2.05) is 6.07 Å². The Labute approximate surface area is 144 Å². The molecule has 0 aromatic heterocycles. The maximum Gasteiger partial charge on any atom is 0.163 e. The Balaban J connectivity index is 2.50. The standard InChI is InChI=1S/C15H12Br2ClFO2/c1-20-13-6-10(12(19)7-14(13)21-2)15(17)9-4-3-8(18)5-11(9)16/h3-7,15H,1-2H3. The van der Waals surface area contributed by atoms with Crippen LogP contribution in [0.5, 0.6) is 11.5 Å². The van der Waals surface area contributed by atoms with Crippen LogP contribution in [0.25, 0.3) is 0 Å². The van der Waals surface area contributed by atoms with Gasteiger partial charge in [-0.1, -0.05) is 49.5 Å². The summed E-state index contributed by atoms with van der Waals surface area (Å²) >= 11 is 12.9. The van der Waals surface area contributed by atoms with E-state index in [2.05, 4.69) is 31.9 Å². The fourth-order valence-corrected chi connectivity index (χ4v) is 3.91. The summed E-state index contributed by atoms with van der Waals surface area (Å²) in [6, 6.07) is 8.29. The maximum absolute atomic E-state index is 14.3. The second-order valence-electron chi connectivity index (χ2n) is 4.26. The molecule has 1 atom stereocenters. The van der Waals surface area contributed by atoms with Crippen molar-refractivity contribution in [3.05, 3.63) is 56.8 Å². The lowest BCUT2D eigenvalue weighted by atomic mass is 10.0. The summed E-state index contributed by atoms with van der Waals surface area (Å²) in [7, 11) is 2.99. The molecule has 0 radical (unpaired) electrons. The van der Waals surface area contributed by atoms with Crippen molar-refractivity contribution in [3.63, 3.8) is 0 Å². The van der Waals surface area contributed by atoms with Crippen LogP contribution in [0.3, 0.4) is 0 Å². The van der Waals surface area contributed by atoms with Crippen molar-refractivity contribution in [1.29, 1.82) is 0 Å². The molecule has 0 N–H and O–H groups in total. The lowest BCUT2D eigenvalue weighted by molar-refractivity contribution is 0.351. The van der Waals surface area contributed by atoms with Gasteiger partial charge in [0.05, 0.1) is 19.0 Å². The van der Waals surface area contributed by atoms with E-state index in [1.165, 1.54) is 20.3 Å². The zero-order valence-electron chi connectivity index (χ0n) is 11.3. The molecule has 0 spiro atoms. The monoisotopic (exact) mass is 436 g/mol. The van der Waals surface area contributed by atoms with Crippen molar-refractivity contribution < 1.29 is 13.9 Å². The predicted molar refractivity (Wildman–Crippen MR) is 89.4 cm³/mol. The lowest BCUT2D eigenvalue weighted by Gasteiger charge is -2.16.